The molecule has 2 aliphatic rings. The molecule has 252 valence electrons. The minimum absolute atomic E-state index is 0.00982. The number of likely N-dealkylation sites (N-methyl/N-ethyl adjacent to an activating group) is 1. The molecule has 2 heterocycles. The lowest BCUT2D eigenvalue weighted by Crippen LogP contribution is -2.59. The van der Waals surface area contributed by atoms with Gasteiger partial charge in [0.15, 0.2) is 22.3 Å². The third kappa shape index (κ3) is 5.89. The van der Waals surface area contributed by atoms with Gasteiger partial charge >= 0.3 is 6.36 Å². The molecule has 2 amide bonds. The Balaban J connectivity index is 1.87. The largest absolute Gasteiger partial charge is 0.573 e. The molecule has 47 heavy (non-hydrogen) atoms. The molecular weight excluding hydrogens is 689 g/mol. The quantitative estimate of drug-likeness (QED) is 0.263. The average molecular weight is 719 g/mol. The van der Waals surface area contributed by atoms with E-state index in [0.29, 0.717) is 5.56 Å². The lowest BCUT2D eigenvalue weighted by Gasteiger charge is -2.42. The van der Waals surface area contributed by atoms with Crippen molar-refractivity contribution in [2.24, 2.45) is 0 Å². The number of likely N-dealkylation sites (tertiary alicyclic amines) is 1. The molecule has 0 N–H and O–H groups in total. The molecule has 0 aromatic heterocycles. The number of fused-ring (bicyclic) bond motifs is 1. The SMILES string of the molecule is COc1ccc(S(=O)N2C(=O)C(c3cc(Cl)ccc3OC)(N3C[C@H](F)C[C@H]3C(=O)N(C)C)c3c2ccc(Cl)c3C)c(OC(F)(F)F)c1. The predicted molar refractivity (Wildman–Crippen MR) is 167 cm³/mol. The first-order chi connectivity index (χ1) is 22.1. The zero-order chi connectivity index (χ0) is 34.6. The molecule has 2 aliphatic heterocycles. The fourth-order valence-corrected chi connectivity index (χ4v) is 7.81. The number of hydrogen-bond acceptors (Lipinski definition) is 7. The number of carbonyl (C=O) groups is 2. The van der Waals surface area contributed by atoms with Gasteiger partial charge in [-0.05, 0) is 55.0 Å². The highest BCUT2D eigenvalue weighted by Gasteiger charge is 2.64. The maximum atomic E-state index is 15.5. The van der Waals surface area contributed by atoms with Crippen molar-refractivity contribution >= 4 is 51.7 Å². The third-order valence-electron chi connectivity index (χ3n) is 8.14. The van der Waals surface area contributed by atoms with E-state index in [1.165, 1.54) is 74.5 Å². The highest BCUT2D eigenvalue weighted by molar-refractivity contribution is 7.87. The summed E-state index contributed by atoms with van der Waals surface area (Å²) in [5, 5.41) is 0.322. The van der Waals surface area contributed by atoms with Gasteiger partial charge in [-0.15, -0.1) is 13.2 Å². The number of rotatable bonds is 8. The average Bonchev–Trinajstić information content (AvgIpc) is 3.52. The predicted octanol–water partition coefficient (Wildman–Crippen LogP) is 6.03. The molecule has 2 unspecified atom stereocenters. The van der Waals surface area contributed by atoms with Crippen LogP contribution in [0.3, 0.4) is 0 Å². The molecule has 1 saturated heterocycles. The number of ether oxygens (including phenoxy) is 3. The van der Waals surface area contributed by atoms with Crippen LogP contribution in [0.4, 0.5) is 23.2 Å². The second kappa shape index (κ2) is 12.8. The van der Waals surface area contributed by atoms with Gasteiger partial charge in [-0.25, -0.2) is 12.9 Å². The Morgan fingerprint density at radius 2 is 1.74 bits per heavy atom. The minimum atomic E-state index is -5.19. The number of methoxy groups -OCH3 is 2. The van der Waals surface area contributed by atoms with Crippen molar-refractivity contribution in [1.82, 2.24) is 9.80 Å². The van der Waals surface area contributed by atoms with Gasteiger partial charge in [0.2, 0.25) is 5.91 Å². The van der Waals surface area contributed by atoms with Crippen LogP contribution in [0.25, 0.3) is 0 Å². The number of carbonyl (C=O) groups excluding carboxylic acids is 2. The Morgan fingerprint density at radius 3 is 2.36 bits per heavy atom. The molecule has 0 bridgehead atoms. The van der Waals surface area contributed by atoms with E-state index in [1.807, 2.05) is 0 Å². The Labute approximate surface area is 280 Å². The van der Waals surface area contributed by atoms with E-state index in [9.17, 15) is 22.2 Å². The maximum absolute atomic E-state index is 15.5. The first-order valence-electron chi connectivity index (χ1n) is 14.0. The molecule has 1 fully saturated rings. The normalized spacial score (nSPS) is 21.9. The molecule has 9 nitrogen and oxygen atoms in total. The van der Waals surface area contributed by atoms with E-state index in [0.717, 1.165) is 16.4 Å². The minimum Gasteiger partial charge on any atom is -0.497 e. The van der Waals surface area contributed by atoms with Crippen LogP contribution in [0.2, 0.25) is 10.0 Å². The Morgan fingerprint density at radius 1 is 1.04 bits per heavy atom. The van der Waals surface area contributed by atoms with Crippen molar-refractivity contribution in [1.29, 1.82) is 0 Å². The number of hydrogen-bond donors (Lipinski definition) is 0. The molecule has 0 spiro atoms. The summed E-state index contributed by atoms with van der Waals surface area (Å²) in [5.41, 5.74) is -1.65. The second-order valence-electron chi connectivity index (χ2n) is 11.1. The Hall–Kier alpha value is -3.59. The van der Waals surface area contributed by atoms with Crippen molar-refractivity contribution in [3.05, 3.63) is 75.3 Å². The first kappa shape index (κ1) is 34.7. The van der Waals surface area contributed by atoms with Crippen LogP contribution < -0.4 is 18.5 Å². The van der Waals surface area contributed by atoms with Crippen molar-refractivity contribution in [3.63, 3.8) is 0 Å². The molecular formula is C31H29Cl2F4N3O6S. The van der Waals surface area contributed by atoms with Gasteiger partial charge in [0.1, 0.15) is 22.6 Å². The van der Waals surface area contributed by atoms with E-state index in [-0.39, 0.29) is 44.8 Å². The summed E-state index contributed by atoms with van der Waals surface area (Å²) in [5.74, 6) is -2.29. The zero-order valence-corrected chi connectivity index (χ0v) is 28.0. The number of anilines is 1. The van der Waals surface area contributed by atoms with E-state index in [4.69, 9.17) is 32.7 Å². The van der Waals surface area contributed by atoms with Crippen LogP contribution in [-0.4, -0.2) is 79.3 Å². The summed E-state index contributed by atoms with van der Waals surface area (Å²) in [6.07, 6.45) is -7.05. The van der Waals surface area contributed by atoms with Gasteiger partial charge in [0.05, 0.1) is 25.9 Å². The maximum Gasteiger partial charge on any atom is 0.573 e. The lowest BCUT2D eigenvalue weighted by atomic mass is 9.79. The molecule has 5 rings (SSSR count). The number of alkyl halides is 4. The number of halogens is 6. The van der Waals surface area contributed by atoms with E-state index < -0.39 is 64.1 Å². The Kier molecular flexibility index (Phi) is 9.45. The van der Waals surface area contributed by atoms with Crippen LogP contribution >= 0.6 is 23.2 Å². The number of benzene rings is 3. The molecule has 0 radical (unpaired) electrons. The van der Waals surface area contributed by atoms with Crippen LogP contribution in [0.15, 0.2) is 53.4 Å². The van der Waals surface area contributed by atoms with Crippen molar-refractivity contribution < 1.29 is 45.6 Å². The summed E-state index contributed by atoms with van der Waals surface area (Å²) >= 11 is 13.1. The van der Waals surface area contributed by atoms with Gasteiger partial charge in [-0.3, -0.25) is 14.5 Å². The highest BCUT2D eigenvalue weighted by Crippen LogP contribution is 2.56. The van der Waals surface area contributed by atoms with Crippen LogP contribution in [0, 0.1) is 6.92 Å². The lowest BCUT2D eigenvalue weighted by molar-refractivity contribution is -0.275. The summed E-state index contributed by atoms with van der Waals surface area (Å²) in [6.45, 7) is 1.16. The van der Waals surface area contributed by atoms with Gasteiger partial charge in [0.25, 0.3) is 5.91 Å². The fourth-order valence-electron chi connectivity index (χ4n) is 6.21. The smallest absolute Gasteiger partial charge is 0.497 e. The van der Waals surface area contributed by atoms with E-state index >= 15 is 9.18 Å². The van der Waals surface area contributed by atoms with Gasteiger partial charge in [-0.2, -0.15) is 0 Å². The van der Waals surface area contributed by atoms with Crippen LogP contribution in [-0.2, 0) is 26.1 Å². The van der Waals surface area contributed by atoms with E-state index in [1.54, 1.807) is 6.92 Å². The van der Waals surface area contributed by atoms with Crippen molar-refractivity contribution in [2.45, 2.75) is 42.4 Å². The summed E-state index contributed by atoms with van der Waals surface area (Å²) in [7, 11) is 2.81. The molecule has 16 heteroatoms. The first-order valence-corrected chi connectivity index (χ1v) is 15.9. The Bertz CT molecular complexity index is 1780. The van der Waals surface area contributed by atoms with Crippen LogP contribution in [0.5, 0.6) is 17.2 Å². The monoisotopic (exact) mass is 717 g/mol. The van der Waals surface area contributed by atoms with Crippen LogP contribution in [0.1, 0.15) is 23.1 Å². The molecule has 0 aliphatic carbocycles. The second-order valence-corrected chi connectivity index (χ2v) is 13.2. The van der Waals surface area contributed by atoms with Gasteiger partial charge in [-0.1, -0.05) is 23.2 Å². The number of amides is 2. The topological polar surface area (TPSA) is 88.6 Å². The molecule has 3 aromatic rings. The summed E-state index contributed by atoms with van der Waals surface area (Å²) < 4.78 is 86.4. The molecule has 3 aromatic carbocycles. The van der Waals surface area contributed by atoms with Gasteiger partial charge < -0.3 is 19.1 Å². The molecule has 0 saturated carbocycles. The summed E-state index contributed by atoms with van der Waals surface area (Å²) in [6, 6.07) is 9.25. The highest BCUT2D eigenvalue weighted by atomic mass is 35.5. The standard InChI is InChI=1S/C31H29Cl2F4N3O6S/c1-16-21(33)8-9-22-27(16)30(20-12-17(32)6-10-24(20)45-5,39-15-18(34)13-23(39)28(41)38(2)3)29(42)40(22)47(43)26-11-7-19(44-4)14-25(26)46-31(35,36)37/h6-12,14,18,23H,13,15H2,1-5H3/t18-,23+,30?,47?/m1/s1. The van der Waals surface area contributed by atoms with E-state index in [2.05, 4.69) is 4.74 Å². The van der Waals surface area contributed by atoms with Crippen molar-refractivity contribution in [2.75, 3.05) is 39.2 Å². The fraction of sp³-hybridized carbons (Fsp3) is 0.355. The summed E-state index contributed by atoms with van der Waals surface area (Å²) in [4.78, 5) is 31.0. The molecule has 4 atom stereocenters. The zero-order valence-electron chi connectivity index (χ0n) is 25.7. The number of nitrogens with zero attached hydrogens (tertiary/aromatic N) is 3. The third-order valence-corrected chi connectivity index (χ3v) is 10.2. The van der Waals surface area contributed by atoms with Gasteiger partial charge in [0, 0.05) is 54.3 Å². The van der Waals surface area contributed by atoms with Crippen molar-refractivity contribution in [3.8, 4) is 17.2 Å².